The second kappa shape index (κ2) is 7.25. The highest BCUT2D eigenvalue weighted by molar-refractivity contribution is 6.36. The van der Waals surface area contributed by atoms with Crippen molar-refractivity contribution < 1.29 is 13.9 Å². The Kier molecular flexibility index (Phi) is 4.65. The number of rotatable bonds is 4. The van der Waals surface area contributed by atoms with Gasteiger partial charge in [-0.2, -0.15) is 0 Å². The number of amides is 1. The first-order valence-corrected chi connectivity index (χ1v) is 8.77. The Balaban J connectivity index is 1.51. The molecule has 1 aliphatic heterocycles. The molecule has 1 aliphatic rings. The van der Waals surface area contributed by atoms with Crippen LogP contribution in [0.15, 0.2) is 66.7 Å². The van der Waals surface area contributed by atoms with Crippen LogP contribution in [-0.2, 0) is 11.4 Å². The van der Waals surface area contributed by atoms with Crippen molar-refractivity contribution in [2.24, 2.45) is 0 Å². The smallest absolute Gasteiger partial charge is 0.256 e. The van der Waals surface area contributed by atoms with Gasteiger partial charge in [-0.15, -0.1) is 0 Å². The fraction of sp³-hybridized carbons (Fsp3) is 0.0455. The maximum atomic E-state index is 13.6. The first-order valence-electron chi connectivity index (χ1n) is 8.39. The molecule has 1 heterocycles. The minimum Gasteiger partial charge on any atom is -0.489 e. The lowest BCUT2D eigenvalue weighted by atomic mass is 10.0. The van der Waals surface area contributed by atoms with Crippen LogP contribution >= 0.6 is 11.6 Å². The van der Waals surface area contributed by atoms with Crippen molar-refractivity contribution in [1.82, 2.24) is 0 Å². The fourth-order valence-electron chi connectivity index (χ4n) is 2.91. The summed E-state index contributed by atoms with van der Waals surface area (Å²) in [6.45, 7) is 0.156. The Labute approximate surface area is 161 Å². The molecule has 0 spiro atoms. The number of benzene rings is 3. The highest BCUT2D eigenvalue weighted by Gasteiger charge is 2.23. The van der Waals surface area contributed by atoms with Gasteiger partial charge >= 0.3 is 0 Å². The zero-order valence-electron chi connectivity index (χ0n) is 14.2. The lowest BCUT2D eigenvalue weighted by molar-refractivity contribution is -0.110. The van der Waals surface area contributed by atoms with E-state index in [0.717, 1.165) is 11.1 Å². The van der Waals surface area contributed by atoms with E-state index >= 15 is 0 Å². The zero-order valence-corrected chi connectivity index (χ0v) is 15.0. The van der Waals surface area contributed by atoms with Gasteiger partial charge in [0.05, 0.1) is 5.69 Å². The van der Waals surface area contributed by atoms with Crippen molar-refractivity contribution in [3.05, 3.63) is 94.3 Å². The van der Waals surface area contributed by atoms with Crippen LogP contribution in [0.2, 0.25) is 5.02 Å². The molecule has 0 bridgehead atoms. The van der Waals surface area contributed by atoms with Gasteiger partial charge in [-0.3, -0.25) is 4.79 Å². The molecule has 3 aromatic carbocycles. The number of carbonyl (C=O) groups is 1. The Hall–Kier alpha value is -3.11. The highest BCUT2D eigenvalue weighted by atomic mass is 35.5. The van der Waals surface area contributed by atoms with Gasteiger partial charge in [0.25, 0.3) is 5.91 Å². The van der Waals surface area contributed by atoms with Crippen LogP contribution in [0.25, 0.3) is 11.6 Å². The molecule has 0 aromatic heterocycles. The zero-order chi connectivity index (χ0) is 18.8. The van der Waals surface area contributed by atoms with E-state index in [4.69, 9.17) is 16.3 Å². The highest BCUT2D eigenvalue weighted by Crippen LogP contribution is 2.35. The number of hydrogen-bond donors (Lipinski definition) is 1. The molecule has 0 saturated carbocycles. The largest absolute Gasteiger partial charge is 0.489 e. The van der Waals surface area contributed by atoms with Crippen molar-refractivity contribution >= 4 is 34.8 Å². The van der Waals surface area contributed by atoms with E-state index in [1.807, 2.05) is 24.3 Å². The van der Waals surface area contributed by atoms with Crippen molar-refractivity contribution in [2.45, 2.75) is 6.61 Å². The number of hydrogen-bond acceptors (Lipinski definition) is 2. The van der Waals surface area contributed by atoms with Crippen molar-refractivity contribution in [2.75, 3.05) is 5.32 Å². The third-order valence-corrected chi connectivity index (χ3v) is 4.54. The topological polar surface area (TPSA) is 38.3 Å². The number of halogens is 2. The predicted octanol–water partition coefficient (Wildman–Crippen LogP) is 5.55. The Morgan fingerprint density at radius 3 is 2.59 bits per heavy atom. The molecular formula is C22H15ClFNO2. The predicted molar refractivity (Wildman–Crippen MR) is 105 cm³/mol. The lowest BCUT2D eigenvalue weighted by Gasteiger charge is -2.07. The molecule has 1 N–H and O–H groups in total. The van der Waals surface area contributed by atoms with Gasteiger partial charge in [-0.05, 0) is 42.0 Å². The van der Waals surface area contributed by atoms with Crippen LogP contribution in [0.5, 0.6) is 5.75 Å². The van der Waals surface area contributed by atoms with E-state index in [9.17, 15) is 9.18 Å². The Morgan fingerprint density at radius 1 is 1.04 bits per heavy atom. The summed E-state index contributed by atoms with van der Waals surface area (Å²) in [4.78, 5) is 12.2. The van der Waals surface area contributed by atoms with E-state index < -0.39 is 0 Å². The second-order valence-electron chi connectivity index (χ2n) is 6.15. The number of ether oxygens (including phenoxy) is 1. The van der Waals surface area contributed by atoms with Crippen LogP contribution in [0.1, 0.15) is 16.7 Å². The molecule has 27 heavy (non-hydrogen) atoms. The van der Waals surface area contributed by atoms with Gasteiger partial charge < -0.3 is 10.1 Å². The second-order valence-corrected chi connectivity index (χ2v) is 6.59. The maximum absolute atomic E-state index is 13.6. The quantitative estimate of drug-likeness (QED) is 0.603. The molecule has 0 radical (unpaired) electrons. The fourth-order valence-corrected chi connectivity index (χ4v) is 3.09. The molecule has 0 fully saturated rings. The number of fused-ring (bicyclic) bond motifs is 1. The normalized spacial score (nSPS) is 14.1. The molecule has 0 unspecified atom stereocenters. The van der Waals surface area contributed by atoms with Gasteiger partial charge in [0.15, 0.2) is 0 Å². The lowest BCUT2D eigenvalue weighted by Crippen LogP contribution is -2.03. The summed E-state index contributed by atoms with van der Waals surface area (Å²) in [5.41, 5.74) is 3.48. The summed E-state index contributed by atoms with van der Waals surface area (Å²) in [7, 11) is 0. The van der Waals surface area contributed by atoms with Gasteiger partial charge in [-0.1, -0.05) is 48.0 Å². The van der Waals surface area contributed by atoms with Gasteiger partial charge in [-0.25, -0.2) is 4.39 Å². The molecule has 134 valence electrons. The Morgan fingerprint density at radius 2 is 1.81 bits per heavy atom. The molecule has 1 amide bonds. The van der Waals surface area contributed by atoms with Crippen molar-refractivity contribution in [1.29, 1.82) is 0 Å². The number of nitrogens with one attached hydrogen (secondary N) is 1. The third kappa shape index (κ3) is 3.71. The standard InChI is InChI=1S/C22H15ClFNO2/c23-16-7-10-18-19(22(26)25-21(18)12-16)11-14-5-8-17(9-6-14)27-13-15-3-1-2-4-20(15)24/h1-12H,13H2,(H,25,26). The SMILES string of the molecule is O=C1Nc2cc(Cl)ccc2C1=Cc1ccc(OCc2ccccc2F)cc1. The van der Waals surface area contributed by atoms with Gasteiger partial charge in [0, 0.05) is 21.7 Å². The average molecular weight is 380 g/mol. The van der Waals surface area contributed by atoms with E-state index in [2.05, 4.69) is 5.32 Å². The molecule has 0 saturated heterocycles. The maximum Gasteiger partial charge on any atom is 0.256 e. The summed E-state index contributed by atoms with van der Waals surface area (Å²) in [5.74, 6) is 0.181. The molecule has 3 nitrogen and oxygen atoms in total. The molecule has 5 heteroatoms. The van der Waals surface area contributed by atoms with Crippen LogP contribution in [0, 0.1) is 5.82 Å². The molecule has 3 aromatic rings. The number of carbonyl (C=O) groups excluding carboxylic acids is 1. The van der Waals surface area contributed by atoms with Crippen LogP contribution in [0.4, 0.5) is 10.1 Å². The average Bonchev–Trinajstić information content (AvgIpc) is 2.96. The van der Waals surface area contributed by atoms with Crippen molar-refractivity contribution in [3.8, 4) is 5.75 Å². The summed E-state index contributed by atoms with van der Waals surface area (Å²) in [6, 6.07) is 19.1. The van der Waals surface area contributed by atoms with Crippen LogP contribution in [-0.4, -0.2) is 5.91 Å². The van der Waals surface area contributed by atoms with Crippen molar-refractivity contribution in [3.63, 3.8) is 0 Å². The minimum atomic E-state index is -0.287. The Bertz CT molecular complexity index is 1040. The van der Waals surface area contributed by atoms with Gasteiger partial charge in [0.2, 0.25) is 0 Å². The third-order valence-electron chi connectivity index (χ3n) is 4.31. The van der Waals surface area contributed by atoms with Crippen LogP contribution < -0.4 is 10.1 Å². The first-order chi connectivity index (χ1) is 13.1. The van der Waals surface area contributed by atoms with Crippen LogP contribution in [0.3, 0.4) is 0 Å². The van der Waals surface area contributed by atoms with E-state index in [0.29, 0.717) is 27.6 Å². The summed E-state index contributed by atoms with van der Waals surface area (Å²) < 4.78 is 19.3. The number of anilines is 1. The van der Waals surface area contributed by atoms with E-state index in [1.165, 1.54) is 6.07 Å². The summed E-state index contributed by atoms with van der Waals surface area (Å²) in [6.07, 6.45) is 1.82. The first kappa shape index (κ1) is 17.3. The van der Waals surface area contributed by atoms with E-state index in [1.54, 1.807) is 42.5 Å². The molecular weight excluding hydrogens is 365 g/mol. The monoisotopic (exact) mass is 379 g/mol. The van der Waals surface area contributed by atoms with E-state index in [-0.39, 0.29) is 18.3 Å². The minimum absolute atomic E-state index is 0.156. The molecule has 4 rings (SSSR count). The molecule has 0 aliphatic carbocycles. The van der Waals surface area contributed by atoms with Gasteiger partial charge in [0.1, 0.15) is 18.2 Å². The summed E-state index contributed by atoms with van der Waals surface area (Å²) in [5, 5.41) is 3.39. The summed E-state index contributed by atoms with van der Waals surface area (Å²) >= 11 is 5.97. The molecule has 0 atom stereocenters.